The van der Waals surface area contributed by atoms with E-state index in [4.69, 9.17) is 5.11 Å². The number of rotatable bonds is 2. The predicted molar refractivity (Wildman–Crippen MR) is 51.3 cm³/mol. The van der Waals surface area contributed by atoms with Gasteiger partial charge in [0.05, 0.1) is 11.9 Å². The number of nitrogens with one attached hydrogen (secondary N) is 1. The quantitative estimate of drug-likeness (QED) is 0.673. The second-order valence-corrected chi connectivity index (χ2v) is 3.11. The molecule has 0 unspecified atom stereocenters. The number of phenolic OH excluding ortho intramolecular Hbond substituents is 1. The van der Waals surface area contributed by atoms with Crippen molar-refractivity contribution in [1.29, 1.82) is 0 Å². The van der Waals surface area contributed by atoms with Gasteiger partial charge in [-0.25, -0.2) is 0 Å². The first-order valence-electron chi connectivity index (χ1n) is 4.18. The van der Waals surface area contributed by atoms with Crippen LogP contribution in [0.2, 0.25) is 0 Å². The van der Waals surface area contributed by atoms with Crippen LogP contribution in [-0.4, -0.2) is 21.2 Å². The number of carboxylic acids is 1. The summed E-state index contributed by atoms with van der Waals surface area (Å²) in [6.45, 7) is 0. The van der Waals surface area contributed by atoms with Crippen LogP contribution in [0.25, 0.3) is 10.9 Å². The van der Waals surface area contributed by atoms with Crippen LogP contribution in [0.3, 0.4) is 0 Å². The van der Waals surface area contributed by atoms with Crippen LogP contribution in [0.4, 0.5) is 0 Å². The number of para-hydroxylation sites is 1. The van der Waals surface area contributed by atoms with Gasteiger partial charge in [0.2, 0.25) is 0 Å². The van der Waals surface area contributed by atoms with Crippen LogP contribution >= 0.6 is 0 Å². The van der Waals surface area contributed by atoms with Crippen molar-refractivity contribution in [1.82, 2.24) is 4.98 Å². The lowest BCUT2D eigenvalue weighted by molar-refractivity contribution is -0.136. The number of aromatic hydroxyl groups is 1. The zero-order valence-corrected chi connectivity index (χ0v) is 7.32. The highest BCUT2D eigenvalue weighted by Gasteiger charge is 2.06. The summed E-state index contributed by atoms with van der Waals surface area (Å²) in [7, 11) is 0. The SMILES string of the molecule is O=C(O)Cc1cc2cccc(O)c2[nH]1. The number of hydrogen-bond acceptors (Lipinski definition) is 2. The minimum atomic E-state index is -0.893. The molecule has 1 heterocycles. The van der Waals surface area contributed by atoms with Gasteiger partial charge in [0.25, 0.3) is 0 Å². The summed E-state index contributed by atoms with van der Waals surface area (Å²) in [6, 6.07) is 6.82. The molecule has 0 fully saturated rings. The number of benzene rings is 1. The Labute approximate surface area is 79.8 Å². The summed E-state index contributed by atoms with van der Waals surface area (Å²) in [5, 5.41) is 18.8. The molecule has 0 aliphatic rings. The van der Waals surface area contributed by atoms with Crippen molar-refractivity contribution in [2.45, 2.75) is 6.42 Å². The summed E-state index contributed by atoms with van der Waals surface area (Å²) >= 11 is 0. The zero-order chi connectivity index (χ0) is 10.1. The fourth-order valence-corrected chi connectivity index (χ4v) is 1.46. The van der Waals surface area contributed by atoms with Crippen LogP contribution in [0, 0.1) is 0 Å². The molecule has 0 aliphatic heterocycles. The lowest BCUT2D eigenvalue weighted by Crippen LogP contribution is -1.99. The first-order chi connectivity index (χ1) is 6.66. The van der Waals surface area contributed by atoms with Crippen molar-refractivity contribution in [3.63, 3.8) is 0 Å². The maximum atomic E-state index is 10.4. The van der Waals surface area contributed by atoms with E-state index in [1.807, 2.05) is 6.07 Å². The largest absolute Gasteiger partial charge is 0.506 e. The molecule has 1 aromatic heterocycles. The number of phenols is 1. The first kappa shape index (κ1) is 8.62. The highest BCUT2D eigenvalue weighted by atomic mass is 16.4. The molecule has 2 rings (SSSR count). The highest BCUT2D eigenvalue weighted by molar-refractivity contribution is 5.86. The van der Waals surface area contributed by atoms with Gasteiger partial charge >= 0.3 is 5.97 Å². The van der Waals surface area contributed by atoms with E-state index in [1.54, 1.807) is 18.2 Å². The van der Waals surface area contributed by atoms with Gasteiger partial charge in [-0.3, -0.25) is 4.79 Å². The van der Waals surface area contributed by atoms with Gasteiger partial charge in [-0.1, -0.05) is 12.1 Å². The molecule has 1 aromatic carbocycles. The van der Waals surface area contributed by atoms with E-state index in [2.05, 4.69) is 4.98 Å². The molecule has 0 amide bonds. The van der Waals surface area contributed by atoms with E-state index in [-0.39, 0.29) is 12.2 Å². The lowest BCUT2D eigenvalue weighted by Gasteiger charge is -1.92. The van der Waals surface area contributed by atoms with Crippen molar-refractivity contribution >= 4 is 16.9 Å². The third-order valence-electron chi connectivity index (χ3n) is 2.03. The van der Waals surface area contributed by atoms with Crippen molar-refractivity contribution in [3.8, 4) is 5.75 Å². The van der Waals surface area contributed by atoms with E-state index in [0.29, 0.717) is 11.2 Å². The molecule has 0 aliphatic carbocycles. The molecule has 0 spiro atoms. The smallest absolute Gasteiger partial charge is 0.309 e. The van der Waals surface area contributed by atoms with Crippen LogP contribution in [-0.2, 0) is 11.2 Å². The minimum absolute atomic E-state index is 0.0614. The Morgan fingerprint density at radius 2 is 2.21 bits per heavy atom. The van der Waals surface area contributed by atoms with Crippen LogP contribution in [0.1, 0.15) is 5.69 Å². The molecule has 4 heteroatoms. The Bertz CT molecular complexity index is 487. The first-order valence-corrected chi connectivity index (χ1v) is 4.18. The van der Waals surface area contributed by atoms with Gasteiger partial charge in [-0.05, 0) is 12.1 Å². The molecule has 72 valence electrons. The van der Waals surface area contributed by atoms with Crippen molar-refractivity contribution in [2.75, 3.05) is 0 Å². The van der Waals surface area contributed by atoms with Crippen LogP contribution < -0.4 is 0 Å². The van der Waals surface area contributed by atoms with Gasteiger partial charge in [0, 0.05) is 11.1 Å². The van der Waals surface area contributed by atoms with Gasteiger partial charge in [0.1, 0.15) is 5.75 Å². The summed E-state index contributed by atoms with van der Waals surface area (Å²) in [5.74, 6) is -0.754. The van der Waals surface area contributed by atoms with Gasteiger partial charge in [0.15, 0.2) is 0 Å². The summed E-state index contributed by atoms with van der Waals surface area (Å²) in [5.41, 5.74) is 1.18. The number of H-pyrrole nitrogens is 1. The molecule has 14 heavy (non-hydrogen) atoms. The Morgan fingerprint density at radius 1 is 1.43 bits per heavy atom. The Kier molecular flexibility index (Phi) is 1.89. The van der Waals surface area contributed by atoms with Crippen molar-refractivity contribution in [2.24, 2.45) is 0 Å². The standard InChI is InChI=1S/C10H9NO3/c12-8-3-1-2-6-4-7(5-9(13)14)11-10(6)8/h1-4,11-12H,5H2,(H,13,14). The topological polar surface area (TPSA) is 73.3 Å². The van der Waals surface area contributed by atoms with E-state index in [0.717, 1.165) is 5.39 Å². The number of fused-ring (bicyclic) bond motifs is 1. The van der Waals surface area contributed by atoms with Gasteiger partial charge in [-0.2, -0.15) is 0 Å². The summed E-state index contributed by atoms with van der Waals surface area (Å²) in [6.07, 6.45) is -0.0614. The Hall–Kier alpha value is -1.97. The fourth-order valence-electron chi connectivity index (χ4n) is 1.46. The lowest BCUT2D eigenvalue weighted by atomic mass is 10.2. The molecule has 4 nitrogen and oxygen atoms in total. The number of carbonyl (C=O) groups is 1. The number of aliphatic carboxylic acids is 1. The van der Waals surface area contributed by atoms with E-state index < -0.39 is 5.97 Å². The summed E-state index contributed by atoms with van der Waals surface area (Å²) in [4.78, 5) is 13.3. The van der Waals surface area contributed by atoms with E-state index >= 15 is 0 Å². The van der Waals surface area contributed by atoms with Crippen molar-refractivity contribution in [3.05, 3.63) is 30.0 Å². The average molecular weight is 191 g/mol. The zero-order valence-electron chi connectivity index (χ0n) is 7.32. The Morgan fingerprint density at radius 3 is 2.86 bits per heavy atom. The second kappa shape index (κ2) is 3.06. The third-order valence-corrected chi connectivity index (χ3v) is 2.03. The third kappa shape index (κ3) is 1.42. The molecular formula is C10H9NO3. The maximum Gasteiger partial charge on any atom is 0.309 e. The number of carboxylic acid groups (broad SMARTS) is 1. The fraction of sp³-hybridized carbons (Fsp3) is 0.100. The number of hydrogen-bond donors (Lipinski definition) is 3. The molecular weight excluding hydrogens is 182 g/mol. The predicted octanol–water partition coefficient (Wildman–Crippen LogP) is 1.50. The second-order valence-electron chi connectivity index (χ2n) is 3.11. The van der Waals surface area contributed by atoms with Crippen LogP contribution in [0.5, 0.6) is 5.75 Å². The molecule has 0 atom stereocenters. The van der Waals surface area contributed by atoms with E-state index in [1.165, 1.54) is 0 Å². The molecule has 0 saturated heterocycles. The normalized spacial score (nSPS) is 10.6. The van der Waals surface area contributed by atoms with Gasteiger partial charge in [-0.15, -0.1) is 0 Å². The number of aromatic amines is 1. The molecule has 0 saturated carbocycles. The molecule has 0 bridgehead atoms. The highest BCUT2D eigenvalue weighted by Crippen LogP contribution is 2.24. The maximum absolute atomic E-state index is 10.4. The Balaban J connectivity index is 2.51. The number of aromatic nitrogens is 1. The molecule has 2 aromatic rings. The molecule has 3 N–H and O–H groups in total. The minimum Gasteiger partial charge on any atom is -0.506 e. The molecule has 0 radical (unpaired) electrons. The monoisotopic (exact) mass is 191 g/mol. The summed E-state index contributed by atoms with van der Waals surface area (Å²) < 4.78 is 0. The van der Waals surface area contributed by atoms with Gasteiger partial charge < -0.3 is 15.2 Å². The van der Waals surface area contributed by atoms with E-state index in [9.17, 15) is 9.90 Å². The van der Waals surface area contributed by atoms with Crippen LogP contribution in [0.15, 0.2) is 24.3 Å². The average Bonchev–Trinajstić information content (AvgIpc) is 2.47. The van der Waals surface area contributed by atoms with Crippen molar-refractivity contribution < 1.29 is 15.0 Å².